The van der Waals surface area contributed by atoms with E-state index in [1.54, 1.807) is 38.4 Å². The third-order valence-electron chi connectivity index (χ3n) is 3.95. The van der Waals surface area contributed by atoms with Gasteiger partial charge in [-0.2, -0.15) is 0 Å². The first-order valence-corrected chi connectivity index (χ1v) is 8.11. The largest absolute Gasteiger partial charge is 0.352 e. The Morgan fingerprint density at radius 1 is 1.13 bits per heavy atom. The van der Waals surface area contributed by atoms with E-state index in [4.69, 9.17) is 0 Å². The summed E-state index contributed by atoms with van der Waals surface area (Å²) in [5, 5.41) is 6.26. The molecule has 0 radical (unpaired) electrons. The van der Waals surface area contributed by atoms with E-state index in [-0.39, 0.29) is 11.8 Å². The smallest absolute Gasteiger partial charge is 0.253 e. The van der Waals surface area contributed by atoms with Gasteiger partial charge in [0.2, 0.25) is 0 Å². The standard InChI is InChI=1S/C17H26N4O2/c1-20(2)17(23)15-6-4-14(5-7-15)16(22)19-8-3-11-21-12-9-18-10-13-21/h4-7,18H,3,8-13H2,1-2H3,(H,19,22). The van der Waals surface area contributed by atoms with Crippen molar-refractivity contribution < 1.29 is 9.59 Å². The molecule has 0 saturated carbocycles. The molecule has 1 aliphatic rings. The summed E-state index contributed by atoms with van der Waals surface area (Å²) in [4.78, 5) is 27.8. The van der Waals surface area contributed by atoms with Crippen molar-refractivity contribution in [2.24, 2.45) is 0 Å². The third kappa shape index (κ3) is 5.33. The van der Waals surface area contributed by atoms with Crippen LogP contribution in [0.3, 0.4) is 0 Å². The SMILES string of the molecule is CN(C)C(=O)c1ccc(C(=O)NCCCN2CCNCC2)cc1. The van der Waals surface area contributed by atoms with Gasteiger partial charge in [0.05, 0.1) is 0 Å². The normalized spacial score (nSPS) is 15.2. The fourth-order valence-corrected chi connectivity index (χ4v) is 2.56. The number of nitrogens with one attached hydrogen (secondary N) is 2. The molecule has 1 aliphatic heterocycles. The highest BCUT2D eigenvalue weighted by Gasteiger charge is 2.11. The zero-order valence-electron chi connectivity index (χ0n) is 14.0. The lowest BCUT2D eigenvalue weighted by molar-refractivity contribution is 0.0826. The van der Waals surface area contributed by atoms with Gasteiger partial charge in [-0.25, -0.2) is 0 Å². The van der Waals surface area contributed by atoms with E-state index in [0.717, 1.165) is 39.1 Å². The third-order valence-corrected chi connectivity index (χ3v) is 3.95. The van der Waals surface area contributed by atoms with Gasteiger partial charge in [-0.05, 0) is 37.2 Å². The Labute approximate surface area is 137 Å². The lowest BCUT2D eigenvalue weighted by Gasteiger charge is -2.27. The van der Waals surface area contributed by atoms with Gasteiger partial charge < -0.3 is 20.4 Å². The monoisotopic (exact) mass is 318 g/mol. The van der Waals surface area contributed by atoms with Crippen LogP contribution in [0.5, 0.6) is 0 Å². The molecule has 1 aromatic carbocycles. The Hall–Kier alpha value is -1.92. The van der Waals surface area contributed by atoms with Crippen LogP contribution in [0.4, 0.5) is 0 Å². The Bertz CT molecular complexity index is 522. The molecular weight excluding hydrogens is 292 g/mol. The predicted molar refractivity (Wildman–Crippen MR) is 90.7 cm³/mol. The molecule has 23 heavy (non-hydrogen) atoms. The number of amides is 2. The van der Waals surface area contributed by atoms with Crippen molar-refractivity contribution in [1.82, 2.24) is 20.4 Å². The summed E-state index contributed by atoms with van der Waals surface area (Å²) in [5.41, 5.74) is 1.17. The summed E-state index contributed by atoms with van der Waals surface area (Å²) in [5.74, 6) is -0.151. The lowest BCUT2D eigenvalue weighted by Crippen LogP contribution is -2.44. The summed E-state index contributed by atoms with van der Waals surface area (Å²) in [7, 11) is 3.42. The lowest BCUT2D eigenvalue weighted by atomic mass is 10.1. The van der Waals surface area contributed by atoms with E-state index in [2.05, 4.69) is 15.5 Å². The van der Waals surface area contributed by atoms with E-state index < -0.39 is 0 Å². The van der Waals surface area contributed by atoms with Gasteiger partial charge in [0, 0.05) is 57.9 Å². The zero-order valence-corrected chi connectivity index (χ0v) is 14.0. The number of piperazine rings is 1. The summed E-state index contributed by atoms with van der Waals surface area (Å²) in [6.07, 6.45) is 0.947. The minimum atomic E-state index is -0.0887. The molecule has 1 fully saturated rings. The molecule has 0 aliphatic carbocycles. The first-order chi connectivity index (χ1) is 11.1. The fraction of sp³-hybridized carbons (Fsp3) is 0.529. The van der Waals surface area contributed by atoms with Crippen molar-refractivity contribution in [3.63, 3.8) is 0 Å². The molecule has 6 heteroatoms. The van der Waals surface area contributed by atoms with Crippen LogP contribution in [0.15, 0.2) is 24.3 Å². The Morgan fingerprint density at radius 3 is 2.35 bits per heavy atom. The molecule has 0 bridgehead atoms. The Balaban J connectivity index is 1.73. The van der Waals surface area contributed by atoms with E-state index in [1.165, 1.54) is 4.90 Å². The van der Waals surface area contributed by atoms with Crippen molar-refractivity contribution in [3.8, 4) is 0 Å². The van der Waals surface area contributed by atoms with Crippen LogP contribution in [-0.4, -0.2) is 75.0 Å². The number of carbonyl (C=O) groups is 2. The molecule has 2 rings (SSSR count). The van der Waals surface area contributed by atoms with E-state index in [9.17, 15) is 9.59 Å². The number of hydrogen-bond acceptors (Lipinski definition) is 4. The highest BCUT2D eigenvalue weighted by molar-refractivity contribution is 5.97. The second-order valence-electron chi connectivity index (χ2n) is 5.98. The molecule has 0 atom stereocenters. The highest BCUT2D eigenvalue weighted by atomic mass is 16.2. The number of carbonyl (C=O) groups excluding carboxylic acids is 2. The molecule has 1 heterocycles. The molecule has 0 aromatic heterocycles. The molecule has 126 valence electrons. The minimum absolute atomic E-state index is 0.0621. The maximum absolute atomic E-state index is 12.1. The summed E-state index contributed by atoms with van der Waals surface area (Å²) < 4.78 is 0. The topological polar surface area (TPSA) is 64.7 Å². The Morgan fingerprint density at radius 2 is 1.74 bits per heavy atom. The van der Waals surface area contributed by atoms with Crippen molar-refractivity contribution in [1.29, 1.82) is 0 Å². The molecule has 0 unspecified atom stereocenters. The van der Waals surface area contributed by atoms with Crippen LogP contribution < -0.4 is 10.6 Å². The van der Waals surface area contributed by atoms with E-state index >= 15 is 0 Å². The summed E-state index contributed by atoms with van der Waals surface area (Å²) >= 11 is 0. The maximum atomic E-state index is 12.1. The van der Waals surface area contributed by atoms with Crippen molar-refractivity contribution in [2.75, 3.05) is 53.4 Å². The number of rotatable bonds is 6. The van der Waals surface area contributed by atoms with Gasteiger partial charge >= 0.3 is 0 Å². The number of benzene rings is 1. The first kappa shape index (κ1) is 17.4. The van der Waals surface area contributed by atoms with Gasteiger partial charge in [-0.3, -0.25) is 9.59 Å². The average Bonchev–Trinajstić information content (AvgIpc) is 2.59. The van der Waals surface area contributed by atoms with Crippen LogP contribution in [0.1, 0.15) is 27.1 Å². The second-order valence-corrected chi connectivity index (χ2v) is 5.98. The second kappa shape index (κ2) is 8.64. The minimum Gasteiger partial charge on any atom is -0.352 e. The van der Waals surface area contributed by atoms with Gasteiger partial charge in [0.1, 0.15) is 0 Å². The van der Waals surface area contributed by atoms with Gasteiger partial charge in [-0.15, -0.1) is 0 Å². The molecule has 1 aromatic rings. The molecule has 0 spiro atoms. The molecule has 1 saturated heterocycles. The quantitative estimate of drug-likeness (QED) is 0.746. The van der Waals surface area contributed by atoms with Crippen molar-refractivity contribution in [3.05, 3.63) is 35.4 Å². The van der Waals surface area contributed by atoms with Crippen molar-refractivity contribution in [2.45, 2.75) is 6.42 Å². The predicted octanol–water partition coefficient (Wildman–Crippen LogP) is 0.414. The van der Waals surface area contributed by atoms with Crippen LogP contribution in [-0.2, 0) is 0 Å². The maximum Gasteiger partial charge on any atom is 0.253 e. The van der Waals surface area contributed by atoms with Gasteiger partial charge in [0.15, 0.2) is 0 Å². The van der Waals surface area contributed by atoms with Crippen LogP contribution in [0.25, 0.3) is 0 Å². The number of hydrogen-bond donors (Lipinski definition) is 2. The summed E-state index contributed by atoms with van der Waals surface area (Å²) in [6, 6.07) is 6.78. The molecule has 2 amide bonds. The van der Waals surface area contributed by atoms with Crippen molar-refractivity contribution >= 4 is 11.8 Å². The molecular formula is C17H26N4O2. The Kier molecular flexibility index (Phi) is 6.55. The van der Waals surface area contributed by atoms with Crippen LogP contribution in [0.2, 0.25) is 0 Å². The van der Waals surface area contributed by atoms with E-state index in [0.29, 0.717) is 17.7 Å². The van der Waals surface area contributed by atoms with Gasteiger partial charge in [-0.1, -0.05) is 0 Å². The average molecular weight is 318 g/mol. The van der Waals surface area contributed by atoms with Crippen LogP contribution in [0, 0.1) is 0 Å². The zero-order chi connectivity index (χ0) is 16.7. The first-order valence-electron chi connectivity index (χ1n) is 8.11. The highest BCUT2D eigenvalue weighted by Crippen LogP contribution is 2.06. The molecule has 2 N–H and O–H groups in total. The fourth-order valence-electron chi connectivity index (χ4n) is 2.56. The van der Waals surface area contributed by atoms with E-state index in [1.807, 2.05) is 0 Å². The number of nitrogens with zero attached hydrogens (tertiary/aromatic N) is 2. The summed E-state index contributed by atoms with van der Waals surface area (Å²) in [6.45, 7) is 5.93. The van der Waals surface area contributed by atoms with Crippen LogP contribution >= 0.6 is 0 Å². The molecule has 6 nitrogen and oxygen atoms in total. The van der Waals surface area contributed by atoms with Gasteiger partial charge in [0.25, 0.3) is 11.8 Å².